The number of aromatic nitrogens is 4. The predicted molar refractivity (Wildman–Crippen MR) is 104 cm³/mol. The first-order valence-corrected chi connectivity index (χ1v) is 9.56. The summed E-state index contributed by atoms with van der Waals surface area (Å²) in [5.74, 6) is 1.47. The van der Waals surface area contributed by atoms with Crippen molar-refractivity contribution in [1.82, 2.24) is 24.2 Å². The molecule has 1 aliphatic heterocycles. The first kappa shape index (κ1) is 17.5. The molecule has 27 heavy (non-hydrogen) atoms. The van der Waals surface area contributed by atoms with Crippen molar-refractivity contribution in [2.24, 2.45) is 5.92 Å². The molecule has 0 radical (unpaired) electrons. The summed E-state index contributed by atoms with van der Waals surface area (Å²) in [6.45, 7) is 7.32. The van der Waals surface area contributed by atoms with E-state index in [4.69, 9.17) is 0 Å². The Kier molecular flexibility index (Phi) is 4.79. The first-order chi connectivity index (χ1) is 13.2. The van der Waals surface area contributed by atoms with Crippen LogP contribution >= 0.6 is 0 Å². The van der Waals surface area contributed by atoms with Gasteiger partial charge in [0.2, 0.25) is 0 Å². The number of amides is 1. The van der Waals surface area contributed by atoms with Crippen LogP contribution in [-0.4, -0.2) is 43.2 Å². The molecule has 1 saturated heterocycles. The van der Waals surface area contributed by atoms with Gasteiger partial charge >= 0.3 is 0 Å². The molecule has 1 fully saturated rings. The van der Waals surface area contributed by atoms with Gasteiger partial charge in [0.15, 0.2) is 0 Å². The van der Waals surface area contributed by atoms with Gasteiger partial charge in [0.05, 0.1) is 0 Å². The molecule has 4 rings (SSSR count). The second-order valence-electron chi connectivity index (χ2n) is 7.16. The van der Waals surface area contributed by atoms with E-state index in [1.165, 1.54) is 0 Å². The summed E-state index contributed by atoms with van der Waals surface area (Å²) in [4.78, 5) is 19.3. The monoisotopic (exact) mass is 363 g/mol. The molecule has 0 spiro atoms. The Morgan fingerprint density at radius 1 is 1.22 bits per heavy atom. The zero-order chi connectivity index (χ0) is 18.8. The standard InChI is InChI=1S/C21H25N5O/c1-3-25-12-10-19(23-25)21(27)24-11-9-17(14-24)15-26-16(2)13-22-20(26)18-7-5-4-6-8-18/h4-8,10,12-13,17H,3,9,11,14-15H2,1-2H3. The van der Waals surface area contributed by atoms with Crippen molar-refractivity contribution in [3.8, 4) is 11.4 Å². The molecule has 1 unspecified atom stereocenters. The fraction of sp³-hybridized carbons (Fsp3) is 0.381. The highest BCUT2D eigenvalue weighted by molar-refractivity contribution is 5.92. The number of likely N-dealkylation sites (tertiary alicyclic amines) is 1. The molecule has 2 aromatic heterocycles. The summed E-state index contributed by atoms with van der Waals surface area (Å²) >= 11 is 0. The average Bonchev–Trinajstić information content (AvgIpc) is 3.43. The number of hydrogen-bond donors (Lipinski definition) is 0. The maximum Gasteiger partial charge on any atom is 0.274 e. The number of benzene rings is 1. The molecule has 3 aromatic rings. The van der Waals surface area contributed by atoms with Crippen molar-refractivity contribution in [2.75, 3.05) is 13.1 Å². The van der Waals surface area contributed by atoms with Gasteiger partial charge in [0, 0.05) is 49.8 Å². The SMILES string of the molecule is CCn1ccc(C(=O)N2CCC(Cn3c(C)cnc3-c3ccccc3)C2)n1. The maximum atomic E-state index is 12.7. The average molecular weight is 363 g/mol. The number of carbonyl (C=O) groups is 1. The molecule has 6 heteroatoms. The van der Waals surface area contributed by atoms with E-state index in [1.54, 1.807) is 4.68 Å². The molecular weight excluding hydrogens is 338 g/mol. The van der Waals surface area contributed by atoms with Gasteiger partial charge in [-0.3, -0.25) is 9.48 Å². The zero-order valence-corrected chi connectivity index (χ0v) is 15.9. The fourth-order valence-electron chi connectivity index (χ4n) is 3.75. The van der Waals surface area contributed by atoms with Gasteiger partial charge in [-0.25, -0.2) is 4.98 Å². The Morgan fingerprint density at radius 3 is 2.78 bits per heavy atom. The highest BCUT2D eigenvalue weighted by Crippen LogP contribution is 2.25. The Morgan fingerprint density at radius 2 is 2.04 bits per heavy atom. The summed E-state index contributed by atoms with van der Waals surface area (Å²) in [7, 11) is 0. The molecule has 6 nitrogen and oxygen atoms in total. The minimum atomic E-state index is 0.0373. The third kappa shape index (κ3) is 3.52. The van der Waals surface area contributed by atoms with Crippen LogP contribution in [0.3, 0.4) is 0 Å². The topological polar surface area (TPSA) is 56.0 Å². The Bertz CT molecular complexity index is 927. The Labute approximate surface area is 159 Å². The lowest BCUT2D eigenvalue weighted by Gasteiger charge is -2.17. The van der Waals surface area contributed by atoms with Crippen LogP contribution < -0.4 is 0 Å². The van der Waals surface area contributed by atoms with Gasteiger partial charge in [-0.15, -0.1) is 0 Å². The van der Waals surface area contributed by atoms with Crippen LogP contribution in [0.15, 0.2) is 48.8 Å². The predicted octanol–water partition coefficient (Wildman–Crippen LogP) is 3.24. The van der Waals surface area contributed by atoms with E-state index in [2.05, 4.69) is 33.7 Å². The van der Waals surface area contributed by atoms with E-state index in [0.29, 0.717) is 11.6 Å². The third-order valence-electron chi connectivity index (χ3n) is 5.28. The number of aryl methyl sites for hydroxylation is 2. The van der Waals surface area contributed by atoms with Crippen LogP contribution in [0.4, 0.5) is 0 Å². The molecule has 0 saturated carbocycles. The number of imidazole rings is 1. The van der Waals surface area contributed by atoms with Crippen molar-refractivity contribution in [3.05, 3.63) is 60.2 Å². The normalized spacial score (nSPS) is 16.8. The lowest BCUT2D eigenvalue weighted by Crippen LogP contribution is -2.29. The summed E-state index contributed by atoms with van der Waals surface area (Å²) < 4.78 is 4.07. The molecule has 1 aromatic carbocycles. The molecule has 0 bridgehead atoms. The van der Waals surface area contributed by atoms with Crippen molar-refractivity contribution >= 4 is 5.91 Å². The summed E-state index contributed by atoms with van der Waals surface area (Å²) in [6.07, 6.45) is 4.80. The molecule has 1 atom stereocenters. The van der Waals surface area contributed by atoms with Crippen LogP contribution in [0.25, 0.3) is 11.4 Å². The molecule has 0 N–H and O–H groups in total. The van der Waals surface area contributed by atoms with Crippen LogP contribution in [-0.2, 0) is 13.1 Å². The minimum absolute atomic E-state index is 0.0373. The molecule has 0 aliphatic carbocycles. The van der Waals surface area contributed by atoms with Crippen LogP contribution in [0, 0.1) is 12.8 Å². The van der Waals surface area contributed by atoms with E-state index in [9.17, 15) is 4.79 Å². The van der Waals surface area contributed by atoms with Crippen molar-refractivity contribution in [1.29, 1.82) is 0 Å². The van der Waals surface area contributed by atoms with Gasteiger partial charge in [0.1, 0.15) is 11.5 Å². The van der Waals surface area contributed by atoms with Gasteiger partial charge in [-0.05, 0) is 32.3 Å². The first-order valence-electron chi connectivity index (χ1n) is 9.56. The zero-order valence-electron chi connectivity index (χ0n) is 15.9. The van der Waals surface area contributed by atoms with Crippen molar-refractivity contribution in [3.63, 3.8) is 0 Å². The summed E-state index contributed by atoms with van der Waals surface area (Å²) in [5, 5.41) is 4.35. The van der Waals surface area contributed by atoms with E-state index >= 15 is 0 Å². The number of hydrogen-bond acceptors (Lipinski definition) is 3. The lowest BCUT2D eigenvalue weighted by atomic mass is 10.1. The van der Waals surface area contributed by atoms with Crippen molar-refractivity contribution in [2.45, 2.75) is 33.4 Å². The minimum Gasteiger partial charge on any atom is -0.337 e. The van der Waals surface area contributed by atoms with Crippen LogP contribution in [0.1, 0.15) is 29.5 Å². The quantitative estimate of drug-likeness (QED) is 0.699. The Balaban J connectivity index is 1.46. The second-order valence-corrected chi connectivity index (χ2v) is 7.16. The molecule has 3 heterocycles. The fourth-order valence-corrected chi connectivity index (χ4v) is 3.75. The van der Waals surface area contributed by atoms with E-state index in [-0.39, 0.29) is 5.91 Å². The van der Waals surface area contributed by atoms with Gasteiger partial charge in [-0.1, -0.05) is 30.3 Å². The van der Waals surface area contributed by atoms with Gasteiger partial charge < -0.3 is 9.47 Å². The number of carbonyl (C=O) groups excluding carboxylic acids is 1. The van der Waals surface area contributed by atoms with E-state index in [0.717, 1.165) is 49.7 Å². The Hall–Kier alpha value is -2.89. The number of rotatable bonds is 5. The largest absolute Gasteiger partial charge is 0.337 e. The maximum absolute atomic E-state index is 12.7. The van der Waals surface area contributed by atoms with E-state index < -0.39 is 0 Å². The summed E-state index contributed by atoms with van der Waals surface area (Å²) in [5.41, 5.74) is 2.82. The number of nitrogens with zero attached hydrogens (tertiary/aromatic N) is 5. The van der Waals surface area contributed by atoms with Gasteiger partial charge in [0.25, 0.3) is 5.91 Å². The highest BCUT2D eigenvalue weighted by atomic mass is 16.2. The lowest BCUT2D eigenvalue weighted by molar-refractivity contribution is 0.0779. The molecule has 1 aliphatic rings. The van der Waals surface area contributed by atoms with E-state index in [1.807, 2.05) is 48.5 Å². The smallest absolute Gasteiger partial charge is 0.274 e. The third-order valence-corrected chi connectivity index (χ3v) is 5.28. The second kappa shape index (κ2) is 7.39. The molecular formula is C21H25N5O. The van der Waals surface area contributed by atoms with Gasteiger partial charge in [-0.2, -0.15) is 5.10 Å². The van der Waals surface area contributed by atoms with Crippen LogP contribution in [0.2, 0.25) is 0 Å². The highest BCUT2D eigenvalue weighted by Gasteiger charge is 2.29. The molecule has 140 valence electrons. The van der Waals surface area contributed by atoms with Crippen LogP contribution in [0.5, 0.6) is 0 Å². The van der Waals surface area contributed by atoms with Crippen molar-refractivity contribution < 1.29 is 4.79 Å². The summed E-state index contributed by atoms with van der Waals surface area (Å²) in [6, 6.07) is 12.1. The molecule has 1 amide bonds.